The minimum atomic E-state index is -1.34. The average molecular weight is 371 g/mol. The van der Waals surface area contributed by atoms with Crippen LogP contribution in [0.5, 0.6) is 0 Å². The zero-order valence-electron chi connectivity index (χ0n) is 15.1. The van der Waals surface area contributed by atoms with Crippen molar-refractivity contribution in [3.63, 3.8) is 0 Å². The summed E-state index contributed by atoms with van der Waals surface area (Å²) in [6.45, 7) is 3.56. The van der Waals surface area contributed by atoms with Crippen LogP contribution in [-0.2, 0) is 4.79 Å². The topological polar surface area (TPSA) is 73.7 Å². The first kappa shape index (κ1) is 19.0. The molecule has 0 spiro atoms. The SMILES string of the molecule is Cc1ccc(C(=O)N2CCCN(C(=O)C(O)c3ccc(F)cc3)CC2)cn1. The molecule has 0 radical (unpaired) electrons. The van der Waals surface area contributed by atoms with Crippen molar-refractivity contribution in [3.05, 3.63) is 65.2 Å². The van der Waals surface area contributed by atoms with E-state index < -0.39 is 17.8 Å². The lowest BCUT2D eigenvalue weighted by atomic mass is 10.1. The van der Waals surface area contributed by atoms with Crippen LogP contribution in [0.2, 0.25) is 0 Å². The maximum atomic E-state index is 13.0. The highest BCUT2D eigenvalue weighted by molar-refractivity contribution is 5.94. The average Bonchev–Trinajstić information content (AvgIpc) is 2.94. The van der Waals surface area contributed by atoms with Gasteiger partial charge < -0.3 is 14.9 Å². The van der Waals surface area contributed by atoms with E-state index in [0.29, 0.717) is 43.7 Å². The van der Waals surface area contributed by atoms with Crippen molar-refractivity contribution in [2.24, 2.45) is 0 Å². The van der Waals surface area contributed by atoms with Gasteiger partial charge in [0.25, 0.3) is 11.8 Å². The second-order valence-corrected chi connectivity index (χ2v) is 6.61. The van der Waals surface area contributed by atoms with Gasteiger partial charge in [0, 0.05) is 38.1 Å². The molecule has 1 aromatic carbocycles. The smallest absolute Gasteiger partial charge is 0.256 e. The van der Waals surface area contributed by atoms with E-state index in [-0.39, 0.29) is 5.91 Å². The van der Waals surface area contributed by atoms with Crippen LogP contribution in [-0.4, -0.2) is 57.9 Å². The highest BCUT2D eigenvalue weighted by Crippen LogP contribution is 2.18. The van der Waals surface area contributed by atoms with Gasteiger partial charge in [-0.05, 0) is 43.2 Å². The molecule has 1 aromatic heterocycles. The van der Waals surface area contributed by atoms with E-state index >= 15 is 0 Å². The number of hydrogen-bond acceptors (Lipinski definition) is 4. The van der Waals surface area contributed by atoms with Gasteiger partial charge in [0.05, 0.1) is 5.56 Å². The molecule has 1 aliphatic heterocycles. The molecule has 1 aliphatic rings. The van der Waals surface area contributed by atoms with E-state index in [1.54, 1.807) is 28.1 Å². The van der Waals surface area contributed by atoms with E-state index in [1.165, 1.54) is 24.3 Å². The molecule has 27 heavy (non-hydrogen) atoms. The highest BCUT2D eigenvalue weighted by Gasteiger charge is 2.27. The first-order valence-corrected chi connectivity index (χ1v) is 8.90. The zero-order valence-corrected chi connectivity index (χ0v) is 15.1. The van der Waals surface area contributed by atoms with Crippen molar-refractivity contribution < 1.29 is 19.1 Å². The van der Waals surface area contributed by atoms with Gasteiger partial charge in [-0.2, -0.15) is 0 Å². The Balaban J connectivity index is 1.63. The molecular formula is C20H22FN3O3. The monoisotopic (exact) mass is 371 g/mol. The Labute approximate surface area is 157 Å². The molecular weight excluding hydrogens is 349 g/mol. The van der Waals surface area contributed by atoms with Crippen molar-refractivity contribution >= 4 is 11.8 Å². The number of aliphatic hydroxyl groups excluding tert-OH is 1. The van der Waals surface area contributed by atoms with Gasteiger partial charge in [-0.15, -0.1) is 0 Å². The van der Waals surface area contributed by atoms with Crippen LogP contribution < -0.4 is 0 Å². The van der Waals surface area contributed by atoms with Gasteiger partial charge in [0.2, 0.25) is 0 Å². The molecule has 7 heteroatoms. The maximum absolute atomic E-state index is 13.0. The van der Waals surface area contributed by atoms with Gasteiger partial charge >= 0.3 is 0 Å². The number of pyridine rings is 1. The second-order valence-electron chi connectivity index (χ2n) is 6.61. The van der Waals surface area contributed by atoms with E-state index in [2.05, 4.69) is 4.98 Å². The molecule has 1 saturated heterocycles. The second kappa shape index (κ2) is 8.26. The molecule has 0 bridgehead atoms. The summed E-state index contributed by atoms with van der Waals surface area (Å²) in [5.41, 5.74) is 1.71. The summed E-state index contributed by atoms with van der Waals surface area (Å²) in [4.78, 5) is 32.6. The molecule has 1 N–H and O–H groups in total. The number of aliphatic hydroxyl groups is 1. The van der Waals surface area contributed by atoms with Crippen LogP contribution in [0.15, 0.2) is 42.6 Å². The summed E-state index contributed by atoms with van der Waals surface area (Å²) >= 11 is 0. The first-order chi connectivity index (χ1) is 13.0. The van der Waals surface area contributed by atoms with E-state index in [9.17, 15) is 19.1 Å². The summed E-state index contributed by atoms with van der Waals surface area (Å²) in [7, 11) is 0. The number of rotatable bonds is 3. The predicted octanol–water partition coefficient (Wildman–Crippen LogP) is 1.94. The lowest BCUT2D eigenvalue weighted by Crippen LogP contribution is -2.39. The van der Waals surface area contributed by atoms with Gasteiger partial charge in [0.1, 0.15) is 5.82 Å². The molecule has 2 aromatic rings. The largest absolute Gasteiger partial charge is 0.378 e. The van der Waals surface area contributed by atoms with Gasteiger partial charge in [-0.25, -0.2) is 4.39 Å². The summed E-state index contributed by atoms with van der Waals surface area (Å²) in [5, 5.41) is 10.3. The van der Waals surface area contributed by atoms with Crippen molar-refractivity contribution in [2.75, 3.05) is 26.2 Å². The summed E-state index contributed by atoms with van der Waals surface area (Å²) in [6, 6.07) is 8.76. The fraction of sp³-hybridized carbons (Fsp3) is 0.350. The summed E-state index contributed by atoms with van der Waals surface area (Å²) in [6.07, 6.45) is 0.839. The Morgan fingerprint density at radius 3 is 2.37 bits per heavy atom. The Kier molecular flexibility index (Phi) is 5.81. The minimum Gasteiger partial charge on any atom is -0.378 e. The fourth-order valence-electron chi connectivity index (χ4n) is 3.08. The third kappa shape index (κ3) is 4.49. The molecule has 0 aliphatic carbocycles. The van der Waals surface area contributed by atoms with E-state index in [1.807, 2.05) is 6.92 Å². The number of hydrogen-bond donors (Lipinski definition) is 1. The Morgan fingerprint density at radius 1 is 1.04 bits per heavy atom. The van der Waals surface area contributed by atoms with E-state index in [0.717, 1.165) is 5.69 Å². The van der Waals surface area contributed by atoms with Gasteiger partial charge in [0.15, 0.2) is 6.10 Å². The van der Waals surface area contributed by atoms with Crippen LogP contribution in [0.25, 0.3) is 0 Å². The zero-order chi connectivity index (χ0) is 19.4. The fourth-order valence-corrected chi connectivity index (χ4v) is 3.08. The Bertz CT molecular complexity index is 808. The number of amides is 2. The normalized spacial score (nSPS) is 16.0. The van der Waals surface area contributed by atoms with Crippen LogP contribution in [0, 0.1) is 12.7 Å². The number of benzene rings is 1. The highest BCUT2D eigenvalue weighted by atomic mass is 19.1. The number of aromatic nitrogens is 1. The first-order valence-electron chi connectivity index (χ1n) is 8.90. The minimum absolute atomic E-state index is 0.115. The Morgan fingerprint density at radius 2 is 1.70 bits per heavy atom. The summed E-state index contributed by atoms with van der Waals surface area (Å²) < 4.78 is 13.0. The quantitative estimate of drug-likeness (QED) is 0.895. The molecule has 1 atom stereocenters. The Hall–Kier alpha value is -2.80. The molecule has 142 valence electrons. The van der Waals surface area contributed by atoms with Crippen LogP contribution in [0.4, 0.5) is 4.39 Å². The number of carbonyl (C=O) groups is 2. The van der Waals surface area contributed by atoms with Crippen molar-refractivity contribution in [1.82, 2.24) is 14.8 Å². The molecule has 2 amide bonds. The number of nitrogens with zero attached hydrogens (tertiary/aromatic N) is 3. The van der Waals surface area contributed by atoms with Crippen LogP contribution in [0.3, 0.4) is 0 Å². The third-order valence-corrected chi connectivity index (χ3v) is 4.67. The number of aryl methyl sites for hydroxylation is 1. The summed E-state index contributed by atoms with van der Waals surface area (Å²) in [5.74, 6) is -0.975. The molecule has 6 nitrogen and oxygen atoms in total. The molecule has 1 unspecified atom stereocenters. The van der Waals surface area contributed by atoms with Gasteiger partial charge in [-0.1, -0.05) is 12.1 Å². The van der Waals surface area contributed by atoms with Crippen molar-refractivity contribution in [2.45, 2.75) is 19.4 Å². The lowest BCUT2D eigenvalue weighted by Gasteiger charge is -2.24. The van der Waals surface area contributed by atoms with Gasteiger partial charge in [-0.3, -0.25) is 14.6 Å². The molecule has 2 heterocycles. The lowest BCUT2D eigenvalue weighted by molar-refractivity contribution is -0.140. The van der Waals surface area contributed by atoms with Crippen LogP contribution >= 0.6 is 0 Å². The number of halogens is 1. The number of carbonyl (C=O) groups excluding carboxylic acids is 2. The molecule has 3 rings (SSSR count). The molecule has 1 fully saturated rings. The standard InChI is InChI=1S/C20H22FN3O3/c1-14-3-4-16(13-22-14)19(26)23-9-2-10-24(12-11-23)20(27)18(25)15-5-7-17(21)8-6-15/h3-8,13,18,25H,2,9-12H2,1H3. The van der Waals surface area contributed by atoms with Crippen molar-refractivity contribution in [3.8, 4) is 0 Å². The van der Waals surface area contributed by atoms with Crippen LogP contribution in [0.1, 0.15) is 34.1 Å². The third-order valence-electron chi connectivity index (χ3n) is 4.67. The predicted molar refractivity (Wildman–Crippen MR) is 97.4 cm³/mol. The van der Waals surface area contributed by atoms with E-state index in [4.69, 9.17) is 0 Å². The van der Waals surface area contributed by atoms with Crippen molar-refractivity contribution in [1.29, 1.82) is 0 Å². The molecule has 0 saturated carbocycles. The maximum Gasteiger partial charge on any atom is 0.256 e.